The second-order valence-corrected chi connectivity index (χ2v) is 8.41. The highest BCUT2D eigenvalue weighted by atomic mass is 32.2. The molecule has 1 aliphatic heterocycles. The molecule has 0 aromatic rings. The molecule has 0 saturated carbocycles. The topological polar surface area (TPSA) is 72.9 Å². The van der Waals surface area contributed by atoms with Gasteiger partial charge in [0, 0.05) is 24.9 Å². The van der Waals surface area contributed by atoms with Crippen molar-refractivity contribution in [3.8, 4) is 0 Å². The lowest BCUT2D eigenvalue weighted by Gasteiger charge is -2.47. The number of allylic oxidation sites excluding steroid dienone is 2. The number of ether oxygens (including phenoxy) is 1. The lowest BCUT2D eigenvalue weighted by atomic mass is 9.78. The first-order valence-electron chi connectivity index (χ1n) is 6.91. The molecule has 0 bridgehead atoms. The molecular formula is C13H18F3NO5S. The van der Waals surface area contributed by atoms with Gasteiger partial charge < -0.3 is 13.8 Å². The molecule has 6 nitrogen and oxygen atoms in total. The molecule has 1 heterocycles. The van der Waals surface area contributed by atoms with Gasteiger partial charge in [-0.05, 0) is 33.3 Å². The van der Waals surface area contributed by atoms with E-state index in [9.17, 15) is 26.4 Å². The summed E-state index contributed by atoms with van der Waals surface area (Å²) in [6, 6.07) is 0. The number of likely N-dealkylation sites (tertiary alicyclic amines) is 1. The molecule has 0 N–H and O–H groups in total. The van der Waals surface area contributed by atoms with Gasteiger partial charge in [-0.2, -0.15) is 21.6 Å². The molecule has 23 heavy (non-hydrogen) atoms. The van der Waals surface area contributed by atoms with Crippen LogP contribution < -0.4 is 0 Å². The van der Waals surface area contributed by atoms with Gasteiger partial charge in [0.15, 0.2) is 0 Å². The number of rotatable bonds is 2. The molecular weight excluding hydrogens is 339 g/mol. The minimum Gasteiger partial charge on any atom is -0.444 e. The summed E-state index contributed by atoms with van der Waals surface area (Å²) in [5.74, 6) is -0.230. The van der Waals surface area contributed by atoms with Crippen molar-refractivity contribution < 1.29 is 35.3 Å². The molecule has 1 fully saturated rings. The summed E-state index contributed by atoms with van der Waals surface area (Å²) in [5, 5.41) is 0. The highest BCUT2D eigenvalue weighted by molar-refractivity contribution is 7.87. The zero-order valence-electron chi connectivity index (χ0n) is 12.9. The van der Waals surface area contributed by atoms with Crippen LogP contribution in [-0.4, -0.2) is 43.6 Å². The predicted molar refractivity (Wildman–Crippen MR) is 73.6 cm³/mol. The Morgan fingerprint density at radius 3 is 2.30 bits per heavy atom. The highest BCUT2D eigenvalue weighted by Gasteiger charge is 2.52. The largest absolute Gasteiger partial charge is 0.534 e. The van der Waals surface area contributed by atoms with Crippen LogP contribution in [0, 0.1) is 5.41 Å². The molecule has 0 aromatic carbocycles. The van der Waals surface area contributed by atoms with Gasteiger partial charge in [0.1, 0.15) is 11.4 Å². The minimum atomic E-state index is -5.64. The van der Waals surface area contributed by atoms with Crippen LogP contribution in [0.2, 0.25) is 0 Å². The summed E-state index contributed by atoms with van der Waals surface area (Å²) in [7, 11) is -5.64. The van der Waals surface area contributed by atoms with Crippen molar-refractivity contribution in [3.63, 3.8) is 0 Å². The average molecular weight is 357 g/mol. The van der Waals surface area contributed by atoms with E-state index in [2.05, 4.69) is 4.18 Å². The molecule has 0 unspecified atom stereocenters. The molecule has 0 atom stereocenters. The van der Waals surface area contributed by atoms with Crippen molar-refractivity contribution in [1.82, 2.24) is 4.90 Å². The van der Waals surface area contributed by atoms with E-state index in [0.717, 1.165) is 0 Å². The van der Waals surface area contributed by atoms with E-state index in [1.54, 1.807) is 20.8 Å². The van der Waals surface area contributed by atoms with Gasteiger partial charge in [0.25, 0.3) is 0 Å². The SMILES string of the molecule is CC(C)(C)OC(=O)N1CC2(CC=C(OS(=O)(=O)C(F)(F)F)C2)C1. The quantitative estimate of drug-likeness (QED) is 0.561. The lowest BCUT2D eigenvalue weighted by Crippen LogP contribution is -2.58. The van der Waals surface area contributed by atoms with Crippen molar-refractivity contribution in [2.45, 2.75) is 44.7 Å². The Labute approximate surface area is 132 Å². The van der Waals surface area contributed by atoms with E-state index in [-0.39, 0.29) is 25.3 Å². The van der Waals surface area contributed by atoms with Crippen LogP contribution in [0.15, 0.2) is 11.8 Å². The van der Waals surface area contributed by atoms with E-state index in [0.29, 0.717) is 6.42 Å². The summed E-state index contributed by atoms with van der Waals surface area (Å²) >= 11 is 0. The van der Waals surface area contributed by atoms with Crippen molar-refractivity contribution in [3.05, 3.63) is 11.8 Å². The molecule has 1 saturated heterocycles. The third-order valence-electron chi connectivity index (χ3n) is 3.52. The Hall–Kier alpha value is -1.45. The zero-order chi connectivity index (χ0) is 17.7. The van der Waals surface area contributed by atoms with Crippen LogP contribution in [0.5, 0.6) is 0 Å². The second-order valence-electron chi connectivity index (χ2n) is 6.87. The third-order valence-corrected chi connectivity index (χ3v) is 4.52. The number of hydrogen-bond donors (Lipinski definition) is 0. The molecule has 1 spiro atoms. The highest BCUT2D eigenvalue weighted by Crippen LogP contribution is 2.46. The molecule has 132 valence electrons. The summed E-state index contributed by atoms with van der Waals surface area (Å²) in [6.45, 7) is 5.76. The number of carbonyl (C=O) groups is 1. The first-order valence-corrected chi connectivity index (χ1v) is 8.32. The lowest BCUT2D eigenvalue weighted by molar-refractivity contribution is -0.0532. The fourth-order valence-electron chi connectivity index (χ4n) is 2.56. The van der Waals surface area contributed by atoms with Gasteiger partial charge in [-0.15, -0.1) is 0 Å². The molecule has 0 aromatic heterocycles. The van der Waals surface area contributed by atoms with Crippen LogP contribution >= 0.6 is 0 Å². The van der Waals surface area contributed by atoms with Crippen LogP contribution in [0.4, 0.5) is 18.0 Å². The average Bonchev–Trinajstić information content (AvgIpc) is 2.66. The number of nitrogens with zero attached hydrogens (tertiary/aromatic N) is 1. The predicted octanol–water partition coefficient (Wildman–Crippen LogP) is 2.77. The van der Waals surface area contributed by atoms with Gasteiger partial charge in [-0.1, -0.05) is 0 Å². The molecule has 0 radical (unpaired) electrons. The van der Waals surface area contributed by atoms with Crippen LogP contribution in [0.25, 0.3) is 0 Å². The maximum atomic E-state index is 12.3. The molecule has 1 amide bonds. The van der Waals surface area contributed by atoms with Gasteiger partial charge >= 0.3 is 21.7 Å². The number of carbonyl (C=O) groups excluding carboxylic acids is 1. The number of alkyl halides is 3. The van der Waals surface area contributed by atoms with Crippen LogP contribution in [0.3, 0.4) is 0 Å². The molecule has 2 rings (SSSR count). The summed E-state index contributed by atoms with van der Waals surface area (Å²) < 4.78 is 68.2. The van der Waals surface area contributed by atoms with E-state index >= 15 is 0 Å². The van der Waals surface area contributed by atoms with E-state index in [4.69, 9.17) is 4.74 Å². The Bertz CT molecular complexity index is 627. The minimum absolute atomic E-state index is 0.0433. The zero-order valence-corrected chi connectivity index (χ0v) is 13.8. The smallest absolute Gasteiger partial charge is 0.444 e. The number of amides is 1. The van der Waals surface area contributed by atoms with E-state index in [1.807, 2.05) is 0 Å². The molecule has 10 heteroatoms. The van der Waals surface area contributed by atoms with Gasteiger partial charge in [0.2, 0.25) is 0 Å². The van der Waals surface area contributed by atoms with Crippen LogP contribution in [-0.2, 0) is 19.0 Å². The Balaban J connectivity index is 1.89. The van der Waals surface area contributed by atoms with Crippen molar-refractivity contribution >= 4 is 16.2 Å². The third kappa shape index (κ3) is 3.91. The summed E-state index contributed by atoms with van der Waals surface area (Å²) in [6.07, 6.45) is 1.23. The van der Waals surface area contributed by atoms with Gasteiger partial charge in [0.05, 0.1) is 0 Å². The summed E-state index contributed by atoms with van der Waals surface area (Å²) in [4.78, 5) is 13.3. The van der Waals surface area contributed by atoms with Gasteiger partial charge in [-0.25, -0.2) is 4.79 Å². The Kier molecular flexibility index (Phi) is 4.11. The summed E-state index contributed by atoms with van der Waals surface area (Å²) in [5.41, 5.74) is -6.55. The first kappa shape index (κ1) is 17.9. The van der Waals surface area contributed by atoms with Crippen LogP contribution in [0.1, 0.15) is 33.6 Å². The first-order chi connectivity index (χ1) is 10.2. The normalized spacial score (nSPS) is 21.0. The standard InChI is InChI=1S/C13H18F3NO5S/c1-11(2,3)21-10(18)17-7-12(8-17)5-4-9(6-12)22-23(19,20)13(14,15)16/h4H,5-8H2,1-3H3. The maximum Gasteiger partial charge on any atom is 0.534 e. The Morgan fingerprint density at radius 2 is 1.83 bits per heavy atom. The number of halogens is 3. The van der Waals surface area contributed by atoms with Crippen molar-refractivity contribution in [2.75, 3.05) is 13.1 Å². The second kappa shape index (κ2) is 5.29. The molecule has 1 aliphatic carbocycles. The van der Waals surface area contributed by atoms with Gasteiger partial charge in [-0.3, -0.25) is 0 Å². The number of hydrogen-bond acceptors (Lipinski definition) is 5. The maximum absolute atomic E-state index is 12.3. The van der Waals surface area contributed by atoms with Crippen molar-refractivity contribution in [1.29, 1.82) is 0 Å². The monoisotopic (exact) mass is 357 g/mol. The fraction of sp³-hybridized carbons (Fsp3) is 0.769. The van der Waals surface area contributed by atoms with E-state index in [1.165, 1.54) is 11.0 Å². The Morgan fingerprint density at radius 1 is 1.26 bits per heavy atom. The van der Waals surface area contributed by atoms with Crippen molar-refractivity contribution in [2.24, 2.45) is 5.41 Å². The molecule has 2 aliphatic rings. The van der Waals surface area contributed by atoms with E-state index < -0.39 is 32.7 Å². The fourth-order valence-corrected chi connectivity index (χ4v) is 3.06.